The number of nitrogens with two attached hydrogens (primary N) is 3. The molecule has 34 heavy (non-hydrogen) atoms. The van der Waals surface area contributed by atoms with Crippen molar-refractivity contribution in [2.24, 2.45) is 22.2 Å². The van der Waals surface area contributed by atoms with Gasteiger partial charge in [0.1, 0.15) is 12.1 Å². The van der Waals surface area contributed by atoms with Crippen molar-refractivity contribution in [1.29, 1.82) is 0 Å². The van der Waals surface area contributed by atoms with E-state index >= 15 is 0 Å². The van der Waals surface area contributed by atoms with Crippen LogP contribution < -0.4 is 27.8 Å². The zero-order valence-electron chi connectivity index (χ0n) is 19.6. The Labute approximate surface area is 203 Å². The summed E-state index contributed by atoms with van der Waals surface area (Å²) >= 11 is 1.55. The van der Waals surface area contributed by atoms with Crippen molar-refractivity contribution >= 4 is 41.4 Å². The van der Waals surface area contributed by atoms with Gasteiger partial charge in [-0.15, -0.1) is 0 Å². The highest BCUT2D eigenvalue weighted by Crippen LogP contribution is 2.20. The third kappa shape index (κ3) is 9.35. The van der Waals surface area contributed by atoms with Gasteiger partial charge in [-0.1, -0.05) is 0 Å². The van der Waals surface area contributed by atoms with Crippen molar-refractivity contribution in [3.05, 3.63) is 0 Å². The number of amides is 3. The number of hydrogen-bond donors (Lipinski definition) is 7. The van der Waals surface area contributed by atoms with Gasteiger partial charge in [0.25, 0.3) is 0 Å². The lowest BCUT2D eigenvalue weighted by atomic mass is 10.1. The van der Waals surface area contributed by atoms with Crippen molar-refractivity contribution in [1.82, 2.24) is 15.5 Å². The van der Waals surface area contributed by atoms with E-state index in [9.17, 15) is 29.4 Å². The van der Waals surface area contributed by atoms with Crippen molar-refractivity contribution in [2.75, 3.05) is 25.1 Å². The van der Waals surface area contributed by atoms with Crippen molar-refractivity contribution in [3.8, 4) is 0 Å². The molecular weight excluding hydrogens is 466 g/mol. The molecule has 13 nitrogen and oxygen atoms in total. The van der Waals surface area contributed by atoms with E-state index in [1.54, 1.807) is 11.8 Å². The molecule has 0 radical (unpaired) electrons. The number of guanidine groups is 1. The van der Waals surface area contributed by atoms with Crippen molar-refractivity contribution in [2.45, 2.75) is 69.3 Å². The van der Waals surface area contributed by atoms with Crippen LogP contribution in [0, 0.1) is 0 Å². The maximum atomic E-state index is 13.3. The molecule has 3 amide bonds. The lowest BCUT2D eigenvalue weighted by Crippen LogP contribution is -2.57. The topological polar surface area (TPSA) is 226 Å². The first-order valence-electron chi connectivity index (χ1n) is 11.1. The van der Waals surface area contributed by atoms with Gasteiger partial charge in [0.05, 0.1) is 12.1 Å². The molecule has 0 spiro atoms. The molecule has 1 rings (SSSR count). The number of rotatable bonds is 14. The number of thioether (sulfide) groups is 1. The van der Waals surface area contributed by atoms with Crippen LogP contribution >= 0.6 is 11.8 Å². The largest absolute Gasteiger partial charge is 0.480 e. The Morgan fingerprint density at radius 3 is 2.44 bits per heavy atom. The summed E-state index contributed by atoms with van der Waals surface area (Å²) in [7, 11) is 0. The van der Waals surface area contributed by atoms with Gasteiger partial charge in [0.2, 0.25) is 17.7 Å². The normalized spacial score (nSPS) is 18.9. The molecule has 0 aromatic heterocycles. The zero-order valence-corrected chi connectivity index (χ0v) is 20.4. The SMILES string of the molecule is CSCC[C@H](N)C(=O)N[C@@H](CCCN=C(N)N)C(=O)N1CCC[C@H]1C(=O)N[C@H](C(=O)O)[C@@H](C)O. The van der Waals surface area contributed by atoms with Crippen LogP contribution in [0.1, 0.15) is 39.0 Å². The van der Waals surface area contributed by atoms with Crippen LogP contribution in [0.15, 0.2) is 4.99 Å². The minimum Gasteiger partial charge on any atom is -0.480 e. The summed E-state index contributed by atoms with van der Waals surface area (Å²) in [4.78, 5) is 55.2. The number of nitrogens with one attached hydrogen (secondary N) is 2. The number of nitrogens with zero attached hydrogens (tertiary/aromatic N) is 2. The number of hydrogen-bond acceptors (Lipinski definition) is 8. The summed E-state index contributed by atoms with van der Waals surface area (Å²) in [6, 6.07) is -4.17. The van der Waals surface area contributed by atoms with E-state index < -0.39 is 54.0 Å². The quantitative estimate of drug-likeness (QED) is 0.0751. The van der Waals surface area contributed by atoms with Crippen LogP contribution in [0.2, 0.25) is 0 Å². The maximum Gasteiger partial charge on any atom is 0.328 e. The fraction of sp³-hybridized carbons (Fsp3) is 0.750. The van der Waals surface area contributed by atoms with Crippen LogP contribution in [-0.4, -0.2) is 100 Å². The Morgan fingerprint density at radius 1 is 1.21 bits per heavy atom. The van der Waals surface area contributed by atoms with Gasteiger partial charge in [-0.25, -0.2) is 4.79 Å². The summed E-state index contributed by atoms with van der Waals surface area (Å²) in [5, 5.41) is 23.8. The van der Waals surface area contributed by atoms with E-state index in [1.165, 1.54) is 11.8 Å². The monoisotopic (exact) mass is 503 g/mol. The minimum atomic E-state index is -1.51. The van der Waals surface area contributed by atoms with Gasteiger partial charge >= 0.3 is 5.97 Å². The van der Waals surface area contributed by atoms with E-state index in [2.05, 4.69) is 15.6 Å². The smallest absolute Gasteiger partial charge is 0.328 e. The fourth-order valence-corrected chi connectivity index (χ4v) is 4.05. The molecule has 0 aromatic carbocycles. The Balaban J connectivity index is 2.97. The Hall–Kier alpha value is -2.58. The van der Waals surface area contributed by atoms with Gasteiger partial charge in [-0.05, 0) is 51.0 Å². The fourth-order valence-electron chi connectivity index (χ4n) is 3.56. The molecule has 0 aromatic rings. The second-order valence-corrected chi connectivity index (χ2v) is 9.14. The Morgan fingerprint density at radius 2 is 1.88 bits per heavy atom. The summed E-state index contributed by atoms with van der Waals surface area (Å²) < 4.78 is 0. The molecule has 5 atom stereocenters. The van der Waals surface area contributed by atoms with E-state index in [4.69, 9.17) is 17.2 Å². The molecule has 1 saturated heterocycles. The predicted octanol–water partition coefficient (Wildman–Crippen LogP) is -2.45. The average molecular weight is 504 g/mol. The average Bonchev–Trinajstić information content (AvgIpc) is 3.26. The third-order valence-corrected chi connectivity index (χ3v) is 6.06. The molecule has 194 valence electrons. The molecule has 1 aliphatic heterocycles. The van der Waals surface area contributed by atoms with E-state index in [1.807, 2.05) is 6.26 Å². The highest BCUT2D eigenvalue weighted by molar-refractivity contribution is 7.98. The first kappa shape index (κ1) is 29.5. The molecule has 14 heteroatoms. The summed E-state index contributed by atoms with van der Waals surface area (Å²) in [6.45, 7) is 1.76. The van der Waals surface area contributed by atoms with Crippen LogP contribution in [0.3, 0.4) is 0 Å². The Bertz CT molecular complexity index is 747. The van der Waals surface area contributed by atoms with Gasteiger partial charge in [-0.3, -0.25) is 19.4 Å². The van der Waals surface area contributed by atoms with Crippen molar-refractivity contribution in [3.63, 3.8) is 0 Å². The van der Waals surface area contributed by atoms with E-state index in [-0.39, 0.29) is 25.5 Å². The highest BCUT2D eigenvalue weighted by atomic mass is 32.2. The first-order valence-corrected chi connectivity index (χ1v) is 12.5. The number of carboxylic acid groups (broad SMARTS) is 1. The third-order valence-electron chi connectivity index (χ3n) is 5.41. The van der Waals surface area contributed by atoms with Crippen LogP contribution in [0.5, 0.6) is 0 Å². The second-order valence-electron chi connectivity index (χ2n) is 8.15. The number of carboxylic acids is 1. The van der Waals surface area contributed by atoms with Gasteiger partial charge in [-0.2, -0.15) is 11.8 Å². The molecule has 0 aliphatic carbocycles. The minimum absolute atomic E-state index is 0.0895. The molecule has 10 N–H and O–H groups in total. The second kappa shape index (κ2) is 14.6. The standard InChI is InChI=1S/C20H37N7O6S/c1-11(28)15(19(32)33)26-17(30)14-6-4-9-27(14)18(31)13(5-3-8-24-20(22)23)25-16(29)12(21)7-10-34-2/h11-15,28H,3-10,21H2,1-2H3,(H,25,29)(H,26,30)(H,32,33)(H4,22,23,24)/t11-,12+,13+,14+,15+/m1/s1. The summed E-state index contributed by atoms with van der Waals surface area (Å²) in [5.41, 5.74) is 16.6. The number of carbonyl (C=O) groups is 4. The summed E-state index contributed by atoms with van der Waals surface area (Å²) in [5.74, 6) is -2.43. The van der Waals surface area contributed by atoms with Crippen LogP contribution in [-0.2, 0) is 19.2 Å². The molecule has 1 fully saturated rings. The number of likely N-dealkylation sites (tertiary alicyclic amines) is 1. The molecule has 0 bridgehead atoms. The molecular formula is C20H37N7O6S. The number of aliphatic hydroxyl groups is 1. The van der Waals surface area contributed by atoms with Crippen LogP contribution in [0.25, 0.3) is 0 Å². The maximum absolute atomic E-state index is 13.3. The lowest BCUT2D eigenvalue weighted by Gasteiger charge is -2.30. The first-order chi connectivity index (χ1) is 16.0. The number of aliphatic carboxylic acids is 1. The predicted molar refractivity (Wildman–Crippen MR) is 129 cm³/mol. The van der Waals surface area contributed by atoms with E-state index in [0.29, 0.717) is 31.4 Å². The summed E-state index contributed by atoms with van der Waals surface area (Å²) in [6.07, 6.45) is 2.47. The number of carbonyl (C=O) groups excluding carboxylic acids is 3. The molecule has 0 saturated carbocycles. The van der Waals surface area contributed by atoms with Crippen LogP contribution in [0.4, 0.5) is 0 Å². The highest BCUT2D eigenvalue weighted by Gasteiger charge is 2.39. The lowest BCUT2D eigenvalue weighted by molar-refractivity contribution is -0.147. The molecule has 1 aliphatic rings. The van der Waals surface area contributed by atoms with E-state index in [0.717, 1.165) is 0 Å². The van der Waals surface area contributed by atoms with Crippen molar-refractivity contribution < 1.29 is 29.4 Å². The van der Waals surface area contributed by atoms with Gasteiger partial charge < -0.3 is 42.9 Å². The van der Waals surface area contributed by atoms with Gasteiger partial charge in [0, 0.05) is 13.1 Å². The van der Waals surface area contributed by atoms with Gasteiger partial charge in [0.15, 0.2) is 12.0 Å². The number of aliphatic hydroxyl groups excluding tert-OH is 1. The zero-order chi connectivity index (χ0) is 25.8. The Kier molecular flexibility index (Phi) is 12.7. The molecule has 1 heterocycles. The number of aliphatic imine (C=N–C) groups is 1. The molecule has 0 unspecified atom stereocenters.